The summed E-state index contributed by atoms with van der Waals surface area (Å²) < 4.78 is 5.59. The minimum atomic E-state index is -0.558. The van der Waals surface area contributed by atoms with Gasteiger partial charge in [0.25, 0.3) is 0 Å². The van der Waals surface area contributed by atoms with Gasteiger partial charge in [-0.1, -0.05) is 67.0 Å². The Balaban J connectivity index is 1.73. The fourth-order valence-electron chi connectivity index (χ4n) is 9.36. The molecule has 6 atom stereocenters. The third-order valence-corrected chi connectivity index (χ3v) is 12.6. The van der Waals surface area contributed by atoms with Crippen molar-refractivity contribution in [1.29, 1.82) is 5.26 Å². The number of allylic oxidation sites excluding steroid dienone is 4. The molecule has 1 saturated heterocycles. The van der Waals surface area contributed by atoms with Crippen LogP contribution in [-0.4, -0.2) is 48.7 Å². The molecular weight excluding hydrogens is 524 g/mol. The van der Waals surface area contributed by atoms with Crippen molar-refractivity contribution >= 4 is 17.5 Å². The van der Waals surface area contributed by atoms with Gasteiger partial charge in [0.2, 0.25) is 5.91 Å². The van der Waals surface area contributed by atoms with Crippen molar-refractivity contribution in [3.63, 3.8) is 0 Å². The summed E-state index contributed by atoms with van der Waals surface area (Å²) in [6, 6.07) is 2.16. The summed E-state index contributed by atoms with van der Waals surface area (Å²) in [5, 5.41) is 9.85. The minimum Gasteiger partial charge on any atom is -0.378 e. The summed E-state index contributed by atoms with van der Waals surface area (Å²) in [6.07, 6.45) is 10.0. The molecule has 42 heavy (non-hydrogen) atoms. The maximum atomic E-state index is 14.4. The van der Waals surface area contributed by atoms with Crippen molar-refractivity contribution in [3.8, 4) is 6.07 Å². The van der Waals surface area contributed by atoms with Crippen LogP contribution in [0.25, 0.3) is 0 Å². The number of carbonyl (C=O) groups is 3. The highest BCUT2D eigenvalue weighted by atomic mass is 16.5. The molecule has 1 heterocycles. The number of rotatable bonds is 6. The van der Waals surface area contributed by atoms with Gasteiger partial charge in [-0.05, 0) is 86.0 Å². The molecule has 4 rings (SSSR count). The lowest BCUT2D eigenvalue weighted by Gasteiger charge is -2.60. The van der Waals surface area contributed by atoms with Gasteiger partial charge < -0.3 is 9.64 Å². The van der Waals surface area contributed by atoms with Crippen LogP contribution in [0.4, 0.5) is 0 Å². The first-order valence-corrected chi connectivity index (χ1v) is 16.2. The highest BCUT2D eigenvalue weighted by Crippen LogP contribution is 2.65. The predicted molar refractivity (Wildman–Crippen MR) is 165 cm³/mol. The van der Waals surface area contributed by atoms with Gasteiger partial charge in [0.15, 0.2) is 11.6 Å². The zero-order valence-electron chi connectivity index (χ0n) is 27.7. The number of fused-ring (bicyclic) bond motifs is 1. The topological polar surface area (TPSA) is 87.5 Å². The summed E-state index contributed by atoms with van der Waals surface area (Å²) in [6.45, 7) is 22.0. The number of morpholine rings is 1. The summed E-state index contributed by atoms with van der Waals surface area (Å²) in [5.74, 6) is 0.262. The lowest BCUT2D eigenvalue weighted by Crippen LogP contribution is -2.55. The Morgan fingerprint density at radius 3 is 2.33 bits per heavy atom. The molecule has 3 aliphatic carbocycles. The maximum Gasteiger partial charge on any atom is 0.229 e. The third-order valence-electron chi connectivity index (χ3n) is 12.6. The van der Waals surface area contributed by atoms with E-state index in [2.05, 4.69) is 59.4 Å². The Hall–Kier alpha value is -2.26. The van der Waals surface area contributed by atoms with E-state index in [9.17, 15) is 19.6 Å². The largest absolute Gasteiger partial charge is 0.378 e. The van der Waals surface area contributed by atoms with Gasteiger partial charge in [-0.25, -0.2) is 0 Å². The van der Waals surface area contributed by atoms with E-state index in [4.69, 9.17) is 4.74 Å². The Labute approximate surface area is 254 Å². The Kier molecular flexibility index (Phi) is 8.82. The first kappa shape index (κ1) is 32.6. The number of Topliss-reactive ketones (excluding diaryl/α,β-unsaturated/α-hetero) is 1. The monoisotopic (exact) mass is 578 g/mol. The maximum absolute atomic E-state index is 14.4. The summed E-state index contributed by atoms with van der Waals surface area (Å²) in [5.41, 5.74) is -0.0718. The van der Waals surface area contributed by atoms with Crippen LogP contribution in [0, 0.1) is 56.2 Å². The first-order valence-electron chi connectivity index (χ1n) is 16.2. The predicted octanol–water partition coefficient (Wildman–Crippen LogP) is 7.09. The van der Waals surface area contributed by atoms with Crippen LogP contribution in [0.5, 0.6) is 0 Å². The molecule has 4 aliphatic rings. The van der Waals surface area contributed by atoms with E-state index in [0.29, 0.717) is 32.2 Å². The van der Waals surface area contributed by atoms with E-state index in [0.717, 1.165) is 50.5 Å². The van der Waals surface area contributed by atoms with Crippen molar-refractivity contribution in [1.82, 2.24) is 4.90 Å². The molecular formula is C36H54N2O4. The van der Waals surface area contributed by atoms with Gasteiger partial charge in [-0.3, -0.25) is 14.4 Å². The zero-order chi connectivity index (χ0) is 31.3. The van der Waals surface area contributed by atoms with E-state index >= 15 is 0 Å². The molecule has 3 fully saturated rings. The SMILES string of the molecule is CC(=O)/C=C1/[C@@]2(C)C=C(C#N)C(=O)[C@@H](C)[C@@H]2CC[C@@]1(C)C(C)(C)CC[C@@]1(C(=O)N2CCOCC2)CCC(C)(C)CC1C. The van der Waals surface area contributed by atoms with Crippen molar-refractivity contribution in [2.24, 2.45) is 44.8 Å². The summed E-state index contributed by atoms with van der Waals surface area (Å²) in [4.78, 5) is 42.2. The number of carbonyl (C=O) groups excluding carboxylic acids is 3. The van der Waals surface area contributed by atoms with Crippen LogP contribution >= 0.6 is 0 Å². The van der Waals surface area contributed by atoms with Gasteiger partial charge in [-0.2, -0.15) is 5.26 Å². The van der Waals surface area contributed by atoms with E-state index in [1.165, 1.54) is 0 Å². The van der Waals surface area contributed by atoms with Crippen molar-refractivity contribution in [3.05, 3.63) is 23.3 Å². The lowest BCUT2D eigenvalue weighted by atomic mass is 9.44. The molecule has 0 spiro atoms. The van der Waals surface area contributed by atoms with E-state index < -0.39 is 10.8 Å². The molecule has 232 valence electrons. The van der Waals surface area contributed by atoms with Crippen LogP contribution in [-0.2, 0) is 19.1 Å². The molecule has 1 amide bonds. The van der Waals surface area contributed by atoms with Gasteiger partial charge in [-0.15, -0.1) is 0 Å². The Morgan fingerprint density at radius 1 is 1.12 bits per heavy atom. The van der Waals surface area contributed by atoms with Crippen molar-refractivity contribution < 1.29 is 19.1 Å². The molecule has 1 unspecified atom stereocenters. The standard InChI is InChI=1S/C36H54N2O4/c1-24-21-32(4,5)12-14-36(24,31(41)38-16-18-42-19-17-38)15-13-33(6,7)35(9)11-10-28-26(3)30(40)27(23-37)22-34(28,8)29(35)20-25(2)39/h20,22,24,26,28H,10-19,21H2,1-9H3/b29-20-/t24?,26-,28-,34-,35+,36-/m0/s1. The molecule has 0 aromatic carbocycles. The van der Waals surface area contributed by atoms with Gasteiger partial charge in [0, 0.05) is 24.4 Å². The Morgan fingerprint density at radius 2 is 1.76 bits per heavy atom. The molecule has 0 bridgehead atoms. The van der Waals surface area contributed by atoms with Crippen LogP contribution in [0.3, 0.4) is 0 Å². The van der Waals surface area contributed by atoms with E-state index in [1.54, 1.807) is 6.92 Å². The summed E-state index contributed by atoms with van der Waals surface area (Å²) in [7, 11) is 0. The molecule has 6 nitrogen and oxygen atoms in total. The van der Waals surface area contributed by atoms with Crippen LogP contribution < -0.4 is 0 Å². The zero-order valence-corrected chi connectivity index (χ0v) is 27.7. The average molecular weight is 579 g/mol. The number of ether oxygens (including phenoxy) is 1. The van der Waals surface area contributed by atoms with Crippen LogP contribution in [0.2, 0.25) is 0 Å². The second-order valence-electron chi connectivity index (χ2n) is 16.0. The first-order chi connectivity index (χ1) is 19.4. The Bertz CT molecular complexity index is 1220. The second-order valence-corrected chi connectivity index (χ2v) is 16.0. The van der Waals surface area contributed by atoms with Crippen molar-refractivity contribution in [2.75, 3.05) is 26.3 Å². The number of hydrogen-bond acceptors (Lipinski definition) is 5. The summed E-state index contributed by atoms with van der Waals surface area (Å²) >= 11 is 0. The molecule has 0 aromatic rings. The van der Waals surface area contributed by atoms with Crippen LogP contribution in [0.1, 0.15) is 107 Å². The van der Waals surface area contributed by atoms with Crippen molar-refractivity contribution in [2.45, 2.75) is 107 Å². The van der Waals surface area contributed by atoms with E-state index in [1.807, 2.05) is 19.1 Å². The number of ketones is 2. The van der Waals surface area contributed by atoms with Gasteiger partial charge in [0.05, 0.1) is 24.2 Å². The smallest absolute Gasteiger partial charge is 0.229 e. The lowest BCUT2D eigenvalue weighted by molar-refractivity contribution is -0.156. The fraction of sp³-hybridized carbons (Fsp3) is 0.778. The number of nitrogens with zero attached hydrogens (tertiary/aromatic N) is 2. The van der Waals surface area contributed by atoms with Gasteiger partial charge >= 0.3 is 0 Å². The molecule has 1 aliphatic heterocycles. The quantitative estimate of drug-likeness (QED) is 0.314. The second kappa shape index (κ2) is 11.3. The van der Waals surface area contributed by atoms with E-state index in [-0.39, 0.29) is 51.1 Å². The highest BCUT2D eigenvalue weighted by Gasteiger charge is 2.59. The number of amides is 1. The van der Waals surface area contributed by atoms with Gasteiger partial charge in [0.1, 0.15) is 6.07 Å². The normalized spacial score (nSPS) is 38.0. The number of nitriles is 1. The molecule has 6 heteroatoms. The number of hydrogen-bond donors (Lipinski definition) is 0. The minimum absolute atomic E-state index is 0.00698. The molecule has 2 saturated carbocycles. The van der Waals surface area contributed by atoms with Crippen LogP contribution in [0.15, 0.2) is 23.3 Å². The molecule has 0 radical (unpaired) electrons. The fourth-order valence-corrected chi connectivity index (χ4v) is 9.36. The molecule has 0 aromatic heterocycles. The third kappa shape index (κ3) is 5.44. The molecule has 0 N–H and O–H groups in total. The average Bonchev–Trinajstić information content (AvgIpc) is 2.92. The highest BCUT2D eigenvalue weighted by molar-refractivity contribution is 6.02.